The van der Waals surface area contributed by atoms with Crippen LogP contribution in [0.5, 0.6) is 0 Å². The summed E-state index contributed by atoms with van der Waals surface area (Å²) in [5.74, 6) is -0.630. The quantitative estimate of drug-likeness (QED) is 0.0379. The molecule has 0 saturated carbocycles. The standard InChI is InChI=1S/C53H86O5/c1-3-5-7-9-11-13-15-17-19-21-22-23-24-25-26-27-28-29-30-32-34-36-38-40-42-44-46-48-53(56)58-51(49-54)50-57-52(55)47-45-43-41-39-37-35-33-31-20-18-16-14-12-10-8-6-4-2/h5,7,11-14,17-20,22-23,25-26,28-29,32,34,51,54H,3-4,6,8-10,15-16,21,24,27,30-31,33,35-50H2,1-2H3/b7-5-,13-11-,14-12-,19-17-,20-18-,23-22-,26-25-,29-28-,34-32-. The van der Waals surface area contributed by atoms with Crippen LogP contribution < -0.4 is 0 Å². The zero-order valence-corrected chi connectivity index (χ0v) is 37.3. The molecular formula is C53H86O5. The lowest BCUT2D eigenvalue weighted by Crippen LogP contribution is -2.28. The van der Waals surface area contributed by atoms with Gasteiger partial charge in [-0.2, -0.15) is 0 Å². The molecule has 0 heterocycles. The van der Waals surface area contributed by atoms with Crippen LogP contribution in [0.3, 0.4) is 0 Å². The fourth-order valence-electron chi connectivity index (χ4n) is 6.03. The number of aliphatic hydroxyl groups excluding tert-OH is 1. The van der Waals surface area contributed by atoms with Crippen LogP contribution in [0, 0.1) is 0 Å². The minimum Gasteiger partial charge on any atom is -0.462 e. The molecule has 0 radical (unpaired) electrons. The molecule has 0 amide bonds. The van der Waals surface area contributed by atoms with Gasteiger partial charge in [0.1, 0.15) is 6.61 Å². The van der Waals surface area contributed by atoms with Gasteiger partial charge in [-0.15, -0.1) is 0 Å². The fraction of sp³-hybridized carbons (Fsp3) is 0.623. The van der Waals surface area contributed by atoms with E-state index in [1.807, 2.05) is 0 Å². The van der Waals surface area contributed by atoms with Crippen LogP contribution >= 0.6 is 0 Å². The van der Waals surface area contributed by atoms with Gasteiger partial charge in [0.25, 0.3) is 0 Å². The predicted octanol–water partition coefficient (Wildman–Crippen LogP) is 15.4. The van der Waals surface area contributed by atoms with Crippen molar-refractivity contribution in [2.45, 2.75) is 200 Å². The molecule has 1 atom stereocenters. The van der Waals surface area contributed by atoms with Crippen molar-refractivity contribution in [3.8, 4) is 0 Å². The van der Waals surface area contributed by atoms with Gasteiger partial charge in [0.2, 0.25) is 0 Å². The van der Waals surface area contributed by atoms with E-state index in [-0.39, 0.29) is 25.2 Å². The third-order valence-electron chi connectivity index (χ3n) is 9.55. The summed E-state index contributed by atoms with van der Waals surface area (Å²) in [6.07, 6.45) is 68.7. The third kappa shape index (κ3) is 45.3. The van der Waals surface area contributed by atoms with Crippen molar-refractivity contribution in [1.29, 1.82) is 0 Å². The number of rotatable bonds is 41. The minimum atomic E-state index is -0.794. The molecule has 0 aromatic heterocycles. The Morgan fingerprint density at radius 3 is 1.12 bits per heavy atom. The summed E-state index contributed by atoms with van der Waals surface area (Å²) in [6.45, 7) is 3.97. The molecule has 1 unspecified atom stereocenters. The van der Waals surface area contributed by atoms with Crippen LogP contribution in [-0.4, -0.2) is 36.4 Å². The molecule has 5 nitrogen and oxygen atoms in total. The number of esters is 2. The second-order valence-corrected chi connectivity index (χ2v) is 15.1. The van der Waals surface area contributed by atoms with E-state index < -0.39 is 6.10 Å². The molecule has 0 aromatic carbocycles. The van der Waals surface area contributed by atoms with Gasteiger partial charge in [-0.25, -0.2) is 0 Å². The molecular weight excluding hydrogens is 717 g/mol. The Morgan fingerprint density at radius 2 is 0.741 bits per heavy atom. The molecule has 0 aromatic rings. The average molecular weight is 803 g/mol. The smallest absolute Gasteiger partial charge is 0.306 e. The lowest BCUT2D eigenvalue weighted by molar-refractivity contribution is -0.161. The summed E-state index contributed by atoms with van der Waals surface area (Å²) < 4.78 is 10.6. The Balaban J connectivity index is 3.65. The summed E-state index contributed by atoms with van der Waals surface area (Å²) in [5, 5.41) is 9.60. The highest BCUT2D eigenvalue weighted by Gasteiger charge is 2.16. The molecule has 0 fully saturated rings. The SMILES string of the molecule is CC/C=C\C/C=C\C/C=C\C/C=C\C/C=C\C/C=C\C/C=C\CCCCCCCC(=O)OC(CO)COC(=O)CCCCCCCCC/C=C\C/C=C\CCCCC. The summed E-state index contributed by atoms with van der Waals surface area (Å²) in [7, 11) is 0. The number of hydrogen-bond donors (Lipinski definition) is 1. The van der Waals surface area contributed by atoms with Crippen LogP contribution in [0.15, 0.2) is 109 Å². The normalized spacial score (nSPS) is 13.2. The Labute approximate surface area is 357 Å². The predicted molar refractivity (Wildman–Crippen MR) is 251 cm³/mol. The maximum atomic E-state index is 12.2. The Morgan fingerprint density at radius 1 is 0.414 bits per heavy atom. The van der Waals surface area contributed by atoms with Crippen molar-refractivity contribution < 1.29 is 24.2 Å². The highest BCUT2D eigenvalue weighted by molar-refractivity contribution is 5.70. The van der Waals surface area contributed by atoms with Crippen molar-refractivity contribution in [3.05, 3.63) is 109 Å². The zero-order valence-electron chi connectivity index (χ0n) is 37.3. The molecule has 0 bridgehead atoms. The first-order valence-corrected chi connectivity index (χ1v) is 23.4. The van der Waals surface area contributed by atoms with Crippen molar-refractivity contribution in [2.24, 2.45) is 0 Å². The van der Waals surface area contributed by atoms with Crippen LogP contribution in [0.1, 0.15) is 194 Å². The number of carbonyl (C=O) groups is 2. The van der Waals surface area contributed by atoms with Crippen molar-refractivity contribution in [3.63, 3.8) is 0 Å². The summed E-state index contributed by atoms with van der Waals surface area (Å²) >= 11 is 0. The highest BCUT2D eigenvalue weighted by atomic mass is 16.6. The number of allylic oxidation sites excluding steroid dienone is 18. The van der Waals surface area contributed by atoms with Gasteiger partial charge < -0.3 is 14.6 Å². The first-order valence-electron chi connectivity index (χ1n) is 23.4. The molecule has 1 N–H and O–H groups in total. The third-order valence-corrected chi connectivity index (χ3v) is 9.55. The Hall–Kier alpha value is -3.44. The van der Waals surface area contributed by atoms with E-state index in [2.05, 4.69) is 123 Å². The molecule has 5 heteroatoms. The van der Waals surface area contributed by atoms with Gasteiger partial charge in [-0.1, -0.05) is 187 Å². The topological polar surface area (TPSA) is 72.8 Å². The lowest BCUT2D eigenvalue weighted by Gasteiger charge is -2.15. The number of hydrogen-bond acceptors (Lipinski definition) is 5. The van der Waals surface area contributed by atoms with Gasteiger partial charge in [-0.3, -0.25) is 9.59 Å². The first-order chi connectivity index (χ1) is 28.6. The van der Waals surface area contributed by atoms with Gasteiger partial charge in [0, 0.05) is 12.8 Å². The van der Waals surface area contributed by atoms with E-state index in [1.165, 1.54) is 51.4 Å². The average Bonchev–Trinajstić information content (AvgIpc) is 3.23. The minimum absolute atomic E-state index is 0.0849. The molecule has 0 spiro atoms. The van der Waals surface area contributed by atoms with Gasteiger partial charge >= 0.3 is 11.9 Å². The van der Waals surface area contributed by atoms with Gasteiger partial charge in [0.15, 0.2) is 6.10 Å². The van der Waals surface area contributed by atoms with E-state index in [4.69, 9.17) is 9.47 Å². The maximum Gasteiger partial charge on any atom is 0.306 e. The van der Waals surface area contributed by atoms with Crippen molar-refractivity contribution in [2.75, 3.05) is 13.2 Å². The van der Waals surface area contributed by atoms with E-state index in [0.29, 0.717) is 12.8 Å². The van der Waals surface area contributed by atoms with Crippen molar-refractivity contribution >= 4 is 11.9 Å². The van der Waals surface area contributed by atoms with E-state index in [1.54, 1.807) is 0 Å². The Bertz CT molecular complexity index is 1180. The molecule has 0 aliphatic carbocycles. The number of carbonyl (C=O) groups excluding carboxylic acids is 2. The largest absolute Gasteiger partial charge is 0.462 e. The number of unbranched alkanes of at least 4 members (excludes halogenated alkanes) is 15. The molecule has 58 heavy (non-hydrogen) atoms. The molecule has 328 valence electrons. The molecule has 0 saturated heterocycles. The van der Waals surface area contributed by atoms with Gasteiger partial charge in [0.05, 0.1) is 6.61 Å². The van der Waals surface area contributed by atoms with E-state index in [0.717, 1.165) is 116 Å². The first kappa shape index (κ1) is 54.6. The number of ether oxygens (including phenoxy) is 2. The monoisotopic (exact) mass is 803 g/mol. The second-order valence-electron chi connectivity index (χ2n) is 15.1. The molecule has 0 aliphatic heterocycles. The zero-order chi connectivity index (χ0) is 42.1. The van der Waals surface area contributed by atoms with E-state index in [9.17, 15) is 14.7 Å². The maximum absolute atomic E-state index is 12.2. The summed E-state index contributed by atoms with van der Waals surface area (Å²) in [6, 6.07) is 0. The van der Waals surface area contributed by atoms with Crippen LogP contribution in [0.2, 0.25) is 0 Å². The fourth-order valence-corrected chi connectivity index (χ4v) is 6.03. The summed E-state index contributed by atoms with van der Waals surface area (Å²) in [5.41, 5.74) is 0. The summed E-state index contributed by atoms with van der Waals surface area (Å²) in [4.78, 5) is 24.4. The lowest BCUT2D eigenvalue weighted by atomic mass is 10.1. The van der Waals surface area contributed by atoms with Crippen LogP contribution in [0.25, 0.3) is 0 Å². The molecule has 0 rings (SSSR count). The van der Waals surface area contributed by atoms with Crippen molar-refractivity contribution in [1.82, 2.24) is 0 Å². The van der Waals surface area contributed by atoms with Crippen LogP contribution in [-0.2, 0) is 19.1 Å². The number of aliphatic hydroxyl groups is 1. The van der Waals surface area contributed by atoms with Gasteiger partial charge in [-0.05, 0) is 103 Å². The molecule has 0 aliphatic rings. The Kier molecular flexibility index (Phi) is 45.1. The van der Waals surface area contributed by atoms with E-state index >= 15 is 0 Å². The van der Waals surface area contributed by atoms with Crippen LogP contribution in [0.4, 0.5) is 0 Å². The highest BCUT2D eigenvalue weighted by Crippen LogP contribution is 2.12. The second kappa shape index (κ2) is 47.9.